The fourth-order valence-corrected chi connectivity index (χ4v) is 5.05. The number of carbonyl (C=O) groups excluding carboxylic acids is 1. The van der Waals surface area contributed by atoms with Gasteiger partial charge >= 0.3 is 0 Å². The second kappa shape index (κ2) is 10.2. The molecule has 1 fully saturated rings. The second-order valence-corrected chi connectivity index (χ2v) is 10.3. The summed E-state index contributed by atoms with van der Waals surface area (Å²) < 4.78 is 25.2. The maximum atomic E-state index is 12.2. The van der Waals surface area contributed by atoms with Crippen LogP contribution in [0.25, 0.3) is 0 Å². The first-order valence-corrected chi connectivity index (χ1v) is 12.1. The van der Waals surface area contributed by atoms with Crippen molar-refractivity contribution in [2.24, 2.45) is 5.92 Å². The monoisotopic (exact) mass is 438 g/mol. The van der Waals surface area contributed by atoms with Crippen molar-refractivity contribution < 1.29 is 13.2 Å². The molecule has 0 aliphatic carbocycles. The summed E-state index contributed by atoms with van der Waals surface area (Å²) in [6.07, 6.45) is 1.17. The number of rotatable bonds is 8. The molecule has 2 rings (SSSR count). The number of amides is 1. The van der Waals surface area contributed by atoms with Crippen LogP contribution in [0.5, 0.6) is 0 Å². The predicted molar refractivity (Wildman–Crippen MR) is 109 cm³/mol. The molecule has 1 amide bonds. The van der Waals surface area contributed by atoms with Gasteiger partial charge in [0.1, 0.15) is 0 Å². The molecule has 5 nitrogen and oxygen atoms in total. The average molecular weight is 439 g/mol. The molecule has 0 unspecified atom stereocenters. The Morgan fingerprint density at radius 2 is 1.96 bits per heavy atom. The Morgan fingerprint density at radius 1 is 1.27 bits per heavy atom. The number of sulfonamides is 1. The van der Waals surface area contributed by atoms with Crippen molar-refractivity contribution in [3.63, 3.8) is 0 Å². The number of piperidine rings is 1. The van der Waals surface area contributed by atoms with Crippen molar-refractivity contribution in [3.05, 3.63) is 33.8 Å². The first-order valence-electron chi connectivity index (χ1n) is 8.60. The maximum absolute atomic E-state index is 12.2. The largest absolute Gasteiger partial charge is 0.355 e. The molecule has 146 valence electrons. The molecular weight excluding hydrogens is 415 g/mol. The molecule has 1 aliphatic rings. The van der Waals surface area contributed by atoms with E-state index in [2.05, 4.69) is 5.32 Å². The highest BCUT2D eigenvalue weighted by Crippen LogP contribution is 2.24. The fourth-order valence-electron chi connectivity index (χ4n) is 2.79. The van der Waals surface area contributed by atoms with Crippen LogP contribution in [-0.4, -0.2) is 49.8 Å². The first kappa shape index (κ1) is 21.8. The molecule has 0 radical (unpaired) electrons. The van der Waals surface area contributed by atoms with Crippen LogP contribution in [0.1, 0.15) is 25.3 Å². The van der Waals surface area contributed by atoms with E-state index in [1.807, 2.05) is 12.1 Å². The summed E-state index contributed by atoms with van der Waals surface area (Å²) in [7, 11) is -3.15. The van der Waals surface area contributed by atoms with Crippen LogP contribution >= 0.6 is 35.0 Å². The topological polar surface area (TPSA) is 66.5 Å². The minimum Gasteiger partial charge on any atom is -0.355 e. The van der Waals surface area contributed by atoms with Crippen LogP contribution in [0, 0.1) is 5.92 Å². The molecule has 0 atom stereocenters. The zero-order valence-corrected chi connectivity index (χ0v) is 17.9. The molecule has 1 N–H and O–H groups in total. The number of thioether (sulfide) groups is 1. The average Bonchev–Trinajstić information content (AvgIpc) is 2.64. The van der Waals surface area contributed by atoms with E-state index in [-0.39, 0.29) is 17.6 Å². The van der Waals surface area contributed by atoms with Gasteiger partial charge < -0.3 is 5.32 Å². The van der Waals surface area contributed by atoms with Crippen LogP contribution in [-0.2, 0) is 20.6 Å². The molecule has 1 aliphatic heterocycles. The molecule has 1 heterocycles. The number of benzene rings is 1. The van der Waals surface area contributed by atoms with Crippen molar-refractivity contribution >= 4 is 50.9 Å². The molecule has 1 aromatic carbocycles. The van der Waals surface area contributed by atoms with Gasteiger partial charge in [-0.2, -0.15) is 11.8 Å². The minimum atomic E-state index is -3.15. The van der Waals surface area contributed by atoms with Gasteiger partial charge in [0, 0.05) is 37.1 Å². The Hall–Kier alpha value is -0.470. The predicted octanol–water partition coefficient (Wildman–Crippen LogP) is 3.40. The van der Waals surface area contributed by atoms with Crippen molar-refractivity contribution in [3.8, 4) is 0 Å². The Bertz CT molecular complexity index is 721. The molecule has 0 aromatic heterocycles. The van der Waals surface area contributed by atoms with Crippen LogP contribution in [0.15, 0.2) is 18.2 Å². The maximum Gasteiger partial charge on any atom is 0.223 e. The molecule has 26 heavy (non-hydrogen) atoms. The highest BCUT2D eigenvalue weighted by Gasteiger charge is 2.29. The van der Waals surface area contributed by atoms with Crippen molar-refractivity contribution in [2.45, 2.75) is 25.5 Å². The Labute approximate surface area is 169 Å². The van der Waals surface area contributed by atoms with Crippen LogP contribution in [0.2, 0.25) is 10.0 Å². The van der Waals surface area contributed by atoms with Crippen LogP contribution in [0.3, 0.4) is 0 Å². The molecule has 1 saturated heterocycles. The van der Waals surface area contributed by atoms with E-state index in [1.165, 1.54) is 4.31 Å². The van der Waals surface area contributed by atoms with E-state index < -0.39 is 10.0 Å². The van der Waals surface area contributed by atoms with Gasteiger partial charge in [-0.25, -0.2) is 12.7 Å². The number of hydrogen-bond acceptors (Lipinski definition) is 4. The van der Waals surface area contributed by atoms with Gasteiger partial charge in [-0.15, -0.1) is 0 Å². The second-order valence-electron chi connectivity index (χ2n) is 6.17. The quantitative estimate of drug-likeness (QED) is 0.631. The van der Waals surface area contributed by atoms with E-state index in [0.29, 0.717) is 42.5 Å². The van der Waals surface area contributed by atoms with Gasteiger partial charge in [0.2, 0.25) is 15.9 Å². The summed E-state index contributed by atoms with van der Waals surface area (Å²) >= 11 is 13.6. The van der Waals surface area contributed by atoms with E-state index in [0.717, 1.165) is 17.1 Å². The highest BCUT2D eigenvalue weighted by atomic mass is 35.5. The van der Waals surface area contributed by atoms with Gasteiger partial charge in [0.25, 0.3) is 0 Å². The van der Waals surface area contributed by atoms with Crippen LogP contribution < -0.4 is 5.32 Å². The van der Waals surface area contributed by atoms with Gasteiger partial charge in [0.15, 0.2) is 0 Å². The van der Waals surface area contributed by atoms with E-state index in [4.69, 9.17) is 23.2 Å². The third-order valence-electron chi connectivity index (χ3n) is 4.38. The lowest BCUT2D eigenvalue weighted by Gasteiger charge is -2.30. The Morgan fingerprint density at radius 3 is 2.58 bits per heavy atom. The summed E-state index contributed by atoms with van der Waals surface area (Å²) in [6.45, 7) is 3.10. The van der Waals surface area contributed by atoms with E-state index >= 15 is 0 Å². The zero-order valence-electron chi connectivity index (χ0n) is 14.7. The Kier molecular flexibility index (Phi) is 8.54. The fraction of sp³-hybridized carbons (Fsp3) is 0.588. The molecule has 0 saturated carbocycles. The summed E-state index contributed by atoms with van der Waals surface area (Å²) in [5.74, 6) is 1.64. The SMILES string of the molecule is CCS(=O)(=O)N1CCC(C(=O)NCCSCc2ccc(Cl)c(Cl)c2)CC1. The summed E-state index contributed by atoms with van der Waals surface area (Å²) in [5, 5.41) is 4.05. The van der Waals surface area contributed by atoms with Crippen molar-refractivity contribution in [1.29, 1.82) is 0 Å². The standard InChI is InChI=1S/C17H24Cl2N2O3S2/c1-2-26(23,24)21-8-5-14(6-9-21)17(22)20-7-10-25-12-13-3-4-15(18)16(19)11-13/h3-4,11,14H,2,5-10,12H2,1H3,(H,20,22). The van der Waals surface area contributed by atoms with E-state index in [1.54, 1.807) is 24.8 Å². The van der Waals surface area contributed by atoms with Crippen molar-refractivity contribution in [1.82, 2.24) is 9.62 Å². The number of nitrogens with one attached hydrogen (secondary N) is 1. The third-order valence-corrected chi connectivity index (χ3v) is 8.03. The van der Waals surface area contributed by atoms with E-state index in [9.17, 15) is 13.2 Å². The zero-order chi connectivity index (χ0) is 19.2. The van der Waals surface area contributed by atoms with Gasteiger partial charge in [0.05, 0.1) is 15.8 Å². The molecule has 1 aromatic rings. The summed E-state index contributed by atoms with van der Waals surface area (Å²) in [4.78, 5) is 12.2. The smallest absolute Gasteiger partial charge is 0.223 e. The molecular formula is C17H24Cl2N2O3S2. The summed E-state index contributed by atoms with van der Waals surface area (Å²) in [6, 6.07) is 5.58. The van der Waals surface area contributed by atoms with Gasteiger partial charge in [-0.3, -0.25) is 4.79 Å². The molecule has 0 spiro atoms. The number of halogens is 2. The minimum absolute atomic E-state index is 0.0219. The van der Waals surface area contributed by atoms with Crippen LogP contribution in [0.4, 0.5) is 0 Å². The lowest BCUT2D eigenvalue weighted by Crippen LogP contribution is -2.43. The number of nitrogens with zero attached hydrogens (tertiary/aromatic N) is 1. The molecule has 0 bridgehead atoms. The third kappa shape index (κ3) is 6.30. The summed E-state index contributed by atoms with van der Waals surface area (Å²) in [5.41, 5.74) is 1.10. The lowest BCUT2D eigenvalue weighted by molar-refractivity contribution is -0.125. The lowest BCUT2D eigenvalue weighted by atomic mass is 9.97. The highest BCUT2D eigenvalue weighted by molar-refractivity contribution is 7.98. The molecule has 9 heteroatoms. The van der Waals surface area contributed by atoms with Gasteiger partial charge in [-0.05, 0) is 37.5 Å². The normalized spacial score (nSPS) is 16.6. The number of hydrogen-bond donors (Lipinski definition) is 1. The Balaban J connectivity index is 1.64. The van der Waals surface area contributed by atoms with Crippen molar-refractivity contribution in [2.75, 3.05) is 31.1 Å². The van der Waals surface area contributed by atoms with Gasteiger partial charge in [-0.1, -0.05) is 29.3 Å². The number of carbonyl (C=O) groups is 1. The first-order chi connectivity index (χ1) is 12.3.